The molecule has 0 atom stereocenters. The summed E-state index contributed by atoms with van der Waals surface area (Å²) >= 11 is 0. The second-order valence-electron chi connectivity index (χ2n) is 6.91. The number of hydrogen-bond acceptors (Lipinski definition) is 3. The molecule has 1 aliphatic rings. The highest BCUT2D eigenvalue weighted by Crippen LogP contribution is 2.37. The van der Waals surface area contributed by atoms with E-state index in [1.807, 2.05) is 30.3 Å². The Balaban J connectivity index is 1.93. The maximum atomic E-state index is 6.21. The first kappa shape index (κ1) is 13.9. The molecule has 0 saturated carbocycles. The first-order valence-corrected chi connectivity index (χ1v) is 7.65. The summed E-state index contributed by atoms with van der Waals surface area (Å²) in [5.74, 6) is 0. The summed E-state index contributed by atoms with van der Waals surface area (Å²) in [5.41, 5.74) is 2.09. The lowest BCUT2D eigenvalue weighted by Gasteiger charge is -2.32. The van der Waals surface area contributed by atoms with Crippen LogP contribution in [0.2, 0.25) is 0 Å². The van der Waals surface area contributed by atoms with Gasteiger partial charge in [0.05, 0.1) is 11.2 Å². The minimum absolute atomic E-state index is 0.348. The third kappa shape index (κ3) is 1.84. The Kier molecular flexibility index (Phi) is 2.75. The molecule has 112 valence electrons. The van der Waals surface area contributed by atoms with Gasteiger partial charge in [0.2, 0.25) is 0 Å². The lowest BCUT2D eigenvalue weighted by atomic mass is 9.76. The normalized spacial score (nSPS) is 20.1. The Morgan fingerprint density at radius 2 is 1.41 bits per heavy atom. The molecule has 4 heteroatoms. The van der Waals surface area contributed by atoms with Gasteiger partial charge in [-0.1, -0.05) is 30.3 Å². The highest BCUT2D eigenvalue weighted by Gasteiger charge is 2.52. The first-order valence-electron chi connectivity index (χ1n) is 7.65. The van der Waals surface area contributed by atoms with Gasteiger partial charge >= 0.3 is 7.12 Å². The van der Waals surface area contributed by atoms with E-state index < -0.39 is 0 Å². The van der Waals surface area contributed by atoms with Crippen LogP contribution in [0.5, 0.6) is 0 Å². The van der Waals surface area contributed by atoms with Gasteiger partial charge in [0.1, 0.15) is 11.2 Å². The molecule has 2 aromatic carbocycles. The van der Waals surface area contributed by atoms with E-state index in [0.717, 1.165) is 27.4 Å². The average Bonchev–Trinajstić information content (AvgIpc) is 2.93. The van der Waals surface area contributed by atoms with Crippen molar-refractivity contribution in [3.05, 3.63) is 42.5 Å². The highest BCUT2D eigenvalue weighted by molar-refractivity contribution is 6.66. The number of benzene rings is 2. The zero-order valence-corrected chi connectivity index (χ0v) is 13.3. The predicted octanol–water partition coefficient (Wildman–Crippen LogP) is 3.89. The molecule has 0 aliphatic carbocycles. The summed E-state index contributed by atoms with van der Waals surface area (Å²) in [6.07, 6.45) is 0. The van der Waals surface area contributed by atoms with Crippen molar-refractivity contribution in [2.45, 2.75) is 38.9 Å². The molecule has 0 amide bonds. The molecule has 0 spiro atoms. The number of furan rings is 1. The van der Waals surface area contributed by atoms with Crippen LogP contribution in [0.15, 0.2) is 46.9 Å². The number of hydrogen-bond donors (Lipinski definition) is 0. The van der Waals surface area contributed by atoms with Crippen molar-refractivity contribution in [3.63, 3.8) is 0 Å². The molecular weight excluding hydrogens is 275 g/mol. The van der Waals surface area contributed by atoms with Gasteiger partial charge in [-0.3, -0.25) is 0 Å². The fourth-order valence-corrected chi connectivity index (χ4v) is 2.97. The lowest BCUT2D eigenvalue weighted by molar-refractivity contribution is 0.00578. The lowest BCUT2D eigenvalue weighted by Crippen LogP contribution is -2.41. The summed E-state index contributed by atoms with van der Waals surface area (Å²) in [5, 5.41) is 2.18. The van der Waals surface area contributed by atoms with E-state index in [-0.39, 0.29) is 18.3 Å². The number of para-hydroxylation sites is 1. The van der Waals surface area contributed by atoms with Crippen molar-refractivity contribution in [3.8, 4) is 0 Å². The van der Waals surface area contributed by atoms with Crippen LogP contribution in [0.1, 0.15) is 27.7 Å². The monoisotopic (exact) mass is 294 g/mol. The molecule has 1 aliphatic heterocycles. The molecule has 3 aromatic rings. The summed E-state index contributed by atoms with van der Waals surface area (Å²) in [7, 11) is -0.380. The van der Waals surface area contributed by atoms with Gasteiger partial charge in [0.15, 0.2) is 0 Å². The second-order valence-corrected chi connectivity index (χ2v) is 6.91. The zero-order chi connectivity index (χ0) is 15.5. The third-order valence-electron chi connectivity index (χ3n) is 4.94. The molecule has 2 heterocycles. The topological polar surface area (TPSA) is 31.6 Å². The van der Waals surface area contributed by atoms with E-state index in [2.05, 4.69) is 39.8 Å². The molecule has 0 N–H and O–H groups in total. The Hall–Kier alpha value is -1.78. The first-order chi connectivity index (χ1) is 10.4. The van der Waals surface area contributed by atoms with Crippen molar-refractivity contribution in [1.29, 1.82) is 0 Å². The van der Waals surface area contributed by atoms with Gasteiger partial charge in [0.25, 0.3) is 0 Å². The fraction of sp³-hybridized carbons (Fsp3) is 0.333. The maximum absolute atomic E-state index is 6.21. The summed E-state index contributed by atoms with van der Waals surface area (Å²) in [4.78, 5) is 0. The van der Waals surface area contributed by atoms with Crippen LogP contribution in [-0.2, 0) is 9.31 Å². The standard InChI is InChI=1S/C18H19BO3/c1-17(2)18(3,4)22-19(21-17)13-9-7-11-15-16(13)12-8-5-6-10-14(12)20-15/h5-11H,1-4H3. The summed E-state index contributed by atoms with van der Waals surface area (Å²) < 4.78 is 18.4. The van der Waals surface area contributed by atoms with E-state index in [1.165, 1.54) is 0 Å². The zero-order valence-electron chi connectivity index (χ0n) is 13.3. The SMILES string of the molecule is CC1(C)OB(c2cccc3oc4ccccc4c23)OC1(C)C. The summed E-state index contributed by atoms with van der Waals surface area (Å²) in [6.45, 7) is 8.28. The van der Waals surface area contributed by atoms with Crippen molar-refractivity contribution < 1.29 is 13.7 Å². The Labute approximate surface area is 130 Å². The molecule has 1 fully saturated rings. The number of rotatable bonds is 1. The van der Waals surface area contributed by atoms with Crippen LogP contribution in [0.25, 0.3) is 21.9 Å². The van der Waals surface area contributed by atoms with E-state index in [9.17, 15) is 0 Å². The van der Waals surface area contributed by atoms with Crippen molar-refractivity contribution in [2.75, 3.05) is 0 Å². The van der Waals surface area contributed by atoms with Crippen molar-refractivity contribution in [1.82, 2.24) is 0 Å². The molecule has 1 aromatic heterocycles. The van der Waals surface area contributed by atoms with Crippen LogP contribution in [0, 0.1) is 0 Å². The third-order valence-corrected chi connectivity index (χ3v) is 4.94. The molecule has 22 heavy (non-hydrogen) atoms. The van der Waals surface area contributed by atoms with E-state index in [4.69, 9.17) is 13.7 Å². The maximum Gasteiger partial charge on any atom is 0.495 e. The van der Waals surface area contributed by atoms with Crippen molar-refractivity contribution in [2.24, 2.45) is 0 Å². The molecular formula is C18H19BO3. The van der Waals surface area contributed by atoms with Crippen molar-refractivity contribution >= 4 is 34.5 Å². The molecule has 1 saturated heterocycles. The van der Waals surface area contributed by atoms with Crippen LogP contribution in [0.4, 0.5) is 0 Å². The second kappa shape index (κ2) is 4.37. The van der Waals surface area contributed by atoms with Gasteiger partial charge < -0.3 is 13.7 Å². The smallest absolute Gasteiger partial charge is 0.456 e. The molecule has 0 unspecified atom stereocenters. The Morgan fingerprint density at radius 1 is 0.773 bits per heavy atom. The molecule has 0 bridgehead atoms. The van der Waals surface area contributed by atoms with Gasteiger partial charge in [-0.2, -0.15) is 0 Å². The van der Waals surface area contributed by atoms with E-state index in [0.29, 0.717) is 0 Å². The van der Waals surface area contributed by atoms with Crippen LogP contribution < -0.4 is 5.46 Å². The Morgan fingerprint density at radius 3 is 2.14 bits per heavy atom. The van der Waals surface area contributed by atoms with E-state index in [1.54, 1.807) is 0 Å². The quantitative estimate of drug-likeness (QED) is 0.638. The predicted molar refractivity (Wildman–Crippen MR) is 89.4 cm³/mol. The molecule has 3 nitrogen and oxygen atoms in total. The van der Waals surface area contributed by atoms with Crippen LogP contribution >= 0.6 is 0 Å². The molecule has 4 rings (SSSR count). The van der Waals surface area contributed by atoms with E-state index >= 15 is 0 Å². The number of fused-ring (bicyclic) bond motifs is 3. The van der Waals surface area contributed by atoms with Crippen LogP contribution in [-0.4, -0.2) is 18.3 Å². The van der Waals surface area contributed by atoms with Gasteiger partial charge in [-0.05, 0) is 45.3 Å². The van der Waals surface area contributed by atoms with Gasteiger partial charge in [-0.15, -0.1) is 0 Å². The average molecular weight is 294 g/mol. The Bertz CT molecular complexity index is 847. The minimum Gasteiger partial charge on any atom is -0.456 e. The highest BCUT2D eigenvalue weighted by atomic mass is 16.7. The minimum atomic E-state index is -0.380. The van der Waals surface area contributed by atoms with Crippen LogP contribution in [0.3, 0.4) is 0 Å². The summed E-state index contributed by atoms with van der Waals surface area (Å²) in [6, 6.07) is 14.1. The fourth-order valence-electron chi connectivity index (χ4n) is 2.97. The van der Waals surface area contributed by atoms with Gasteiger partial charge in [-0.25, -0.2) is 0 Å². The molecule has 0 radical (unpaired) electrons. The largest absolute Gasteiger partial charge is 0.495 e. The van der Waals surface area contributed by atoms with Gasteiger partial charge in [0, 0.05) is 10.8 Å².